The molecule has 17 heavy (non-hydrogen) atoms. The summed E-state index contributed by atoms with van der Waals surface area (Å²) < 4.78 is 7.19. The number of methoxy groups -OCH3 is 1. The first-order valence-electron chi connectivity index (χ1n) is 5.76. The maximum Gasteiger partial charge on any atom is 0.0587 e. The van der Waals surface area contributed by atoms with Gasteiger partial charge in [-0.2, -0.15) is 0 Å². The highest BCUT2D eigenvalue weighted by Crippen LogP contribution is 2.23. The van der Waals surface area contributed by atoms with Gasteiger partial charge in [-0.25, -0.2) is 0 Å². The van der Waals surface area contributed by atoms with E-state index in [0.717, 1.165) is 36.7 Å². The highest BCUT2D eigenvalue weighted by atomic mass is 35.5. The molecule has 0 fully saturated rings. The predicted octanol–water partition coefficient (Wildman–Crippen LogP) is 2.53. The molecular weight excluding hydrogens is 236 g/mol. The molecule has 0 spiro atoms. The van der Waals surface area contributed by atoms with Crippen LogP contribution in [0.1, 0.15) is 0 Å². The number of ether oxygens (including phenoxy) is 1. The molecule has 1 aromatic carbocycles. The van der Waals surface area contributed by atoms with Crippen LogP contribution >= 0.6 is 11.6 Å². The van der Waals surface area contributed by atoms with Crippen molar-refractivity contribution < 1.29 is 4.74 Å². The lowest BCUT2D eigenvalue weighted by atomic mass is 10.2. The first kappa shape index (κ1) is 12.4. The fourth-order valence-electron chi connectivity index (χ4n) is 1.88. The Kier molecular flexibility index (Phi) is 4.42. The van der Waals surface area contributed by atoms with Crippen LogP contribution in [0.2, 0.25) is 5.02 Å². The van der Waals surface area contributed by atoms with Crippen LogP contribution in [0.25, 0.3) is 10.9 Å². The molecule has 1 N–H and O–H groups in total. The molecule has 0 amide bonds. The van der Waals surface area contributed by atoms with Crippen molar-refractivity contribution in [1.82, 2.24) is 9.88 Å². The zero-order valence-corrected chi connectivity index (χ0v) is 10.7. The van der Waals surface area contributed by atoms with Crippen LogP contribution in [0.3, 0.4) is 0 Å². The molecule has 0 aliphatic rings. The highest BCUT2D eigenvalue weighted by molar-refractivity contribution is 6.35. The van der Waals surface area contributed by atoms with Crippen LogP contribution in [0.15, 0.2) is 30.5 Å². The average Bonchev–Trinajstić information content (AvgIpc) is 2.74. The van der Waals surface area contributed by atoms with Crippen LogP contribution in [-0.4, -0.2) is 31.4 Å². The smallest absolute Gasteiger partial charge is 0.0587 e. The Morgan fingerprint density at radius 2 is 2.18 bits per heavy atom. The van der Waals surface area contributed by atoms with Gasteiger partial charge in [-0.1, -0.05) is 17.7 Å². The van der Waals surface area contributed by atoms with E-state index in [9.17, 15) is 0 Å². The van der Waals surface area contributed by atoms with E-state index in [2.05, 4.69) is 28.2 Å². The van der Waals surface area contributed by atoms with Crippen molar-refractivity contribution in [2.24, 2.45) is 0 Å². The lowest BCUT2D eigenvalue weighted by Crippen LogP contribution is -2.23. The Morgan fingerprint density at radius 3 is 3.00 bits per heavy atom. The van der Waals surface area contributed by atoms with Gasteiger partial charge in [0.1, 0.15) is 0 Å². The van der Waals surface area contributed by atoms with Gasteiger partial charge in [0.2, 0.25) is 0 Å². The van der Waals surface area contributed by atoms with E-state index in [1.165, 1.54) is 5.52 Å². The van der Waals surface area contributed by atoms with Crippen molar-refractivity contribution in [3.63, 3.8) is 0 Å². The summed E-state index contributed by atoms with van der Waals surface area (Å²) in [6.07, 6.45) is 2.08. The molecular formula is C13H17ClN2O. The molecule has 0 saturated carbocycles. The Bertz CT molecular complexity index is 481. The Labute approximate surface area is 106 Å². The van der Waals surface area contributed by atoms with Gasteiger partial charge < -0.3 is 14.6 Å². The van der Waals surface area contributed by atoms with Crippen LogP contribution in [0, 0.1) is 0 Å². The van der Waals surface area contributed by atoms with E-state index < -0.39 is 0 Å². The molecule has 3 nitrogen and oxygen atoms in total. The normalized spacial score (nSPS) is 11.2. The second-order valence-corrected chi connectivity index (χ2v) is 4.33. The third-order valence-corrected chi connectivity index (χ3v) is 3.10. The van der Waals surface area contributed by atoms with E-state index in [-0.39, 0.29) is 0 Å². The molecule has 0 aliphatic carbocycles. The lowest BCUT2D eigenvalue weighted by molar-refractivity contribution is 0.199. The number of nitrogens with one attached hydrogen (secondary N) is 1. The molecule has 0 aliphatic heterocycles. The molecule has 0 saturated heterocycles. The molecule has 2 aromatic rings. The van der Waals surface area contributed by atoms with Crippen molar-refractivity contribution in [1.29, 1.82) is 0 Å². The molecule has 0 radical (unpaired) electrons. The SMILES string of the molecule is COCCNCCn1ccc2c(Cl)cccc21. The molecule has 92 valence electrons. The molecule has 1 heterocycles. The molecule has 0 unspecified atom stereocenters. The van der Waals surface area contributed by atoms with Crippen LogP contribution in [0.5, 0.6) is 0 Å². The third kappa shape index (κ3) is 3.00. The van der Waals surface area contributed by atoms with Crippen LogP contribution in [0.4, 0.5) is 0 Å². The summed E-state index contributed by atoms with van der Waals surface area (Å²) in [6.45, 7) is 3.50. The fraction of sp³-hybridized carbons (Fsp3) is 0.385. The number of rotatable bonds is 6. The summed E-state index contributed by atoms with van der Waals surface area (Å²) in [7, 11) is 1.71. The summed E-state index contributed by atoms with van der Waals surface area (Å²) in [4.78, 5) is 0. The maximum absolute atomic E-state index is 6.13. The molecule has 4 heteroatoms. The third-order valence-electron chi connectivity index (χ3n) is 2.77. The summed E-state index contributed by atoms with van der Waals surface area (Å²) in [5.74, 6) is 0. The number of hydrogen-bond acceptors (Lipinski definition) is 2. The fourth-order valence-corrected chi connectivity index (χ4v) is 2.11. The minimum absolute atomic E-state index is 0.748. The van der Waals surface area contributed by atoms with Crippen molar-refractivity contribution in [2.75, 3.05) is 26.8 Å². The summed E-state index contributed by atoms with van der Waals surface area (Å²) in [5, 5.41) is 5.26. The van der Waals surface area contributed by atoms with Gasteiger partial charge in [-0.05, 0) is 18.2 Å². The number of fused-ring (bicyclic) bond motifs is 1. The van der Waals surface area contributed by atoms with Crippen molar-refractivity contribution in [2.45, 2.75) is 6.54 Å². The topological polar surface area (TPSA) is 26.2 Å². The highest BCUT2D eigenvalue weighted by Gasteiger charge is 2.02. The van der Waals surface area contributed by atoms with Gasteiger partial charge in [0.15, 0.2) is 0 Å². The number of hydrogen-bond donors (Lipinski definition) is 1. The number of aromatic nitrogens is 1. The van der Waals surface area contributed by atoms with Crippen LogP contribution in [-0.2, 0) is 11.3 Å². The van der Waals surface area contributed by atoms with Gasteiger partial charge in [0, 0.05) is 48.9 Å². The molecule has 0 bridgehead atoms. The van der Waals surface area contributed by atoms with E-state index in [0.29, 0.717) is 0 Å². The van der Waals surface area contributed by atoms with Gasteiger partial charge in [0.25, 0.3) is 0 Å². The van der Waals surface area contributed by atoms with Gasteiger partial charge >= 0.3 is 0 Å². The molecule has 1 aromatic heterocycles. The monoisotopic (exact) mass is 252 g/mol. The van der Waals surface area contributed by atoms with Crippen molar-refractivity contribution in [3.05, 3.63) is 35.5 Å². The first-order valence-corrected chi connectivity index (χ1v) is 6.14. The number of benzene rings is 1. The molecule has 0 atom stereocenters. The van der Waals surface area contributed by atoms with Crippen molar-refractivity contribution in [3.8, 4) is 0 Å². The maximum atomic E-state index is 6.13. The Balaban J connectivity index is 1.97. The van der Waals surface area contributed by atoms with E-state index >= 15 is 0 Å². The second kappa shape index (κ2) is 6.05. The van der Waals surface area contributed by atoms with Gasteiger partial charge in [-0.3, -0.25) is 0 Å². The first-order chi connectivity index (χ1) is 8.33. The lowest BCUT2D eigenvalue weighted by Gasteiger charge is -2.07. The quantitative estimate of drug-likeness (QED) is 0.800. The number of nitrogens with zero attached hydrogens (tertiary/aromatic N) is 1. The average molecular weight is 253 g/mol. The van der Waals surface area contributed by atoms with E-state index in [1.807, 2.05) is 12.1 Å². The second-order valence-electron chi connectivity index (χ2n) is 3.92. The van der Waals surface area contributed by atoms with Crippen LogP contribution < -0.4 is 5.32 Å². The van der Waals surface area contributed by atoms with E-state index in [1.54, 1.807) is 7.11 Å². The van der Waals surface area contributed by atoms with Gasteiger partial charge in [0.05, 0.1) is 6.61 Å². The summed E-state index contributed by atoms with van der Waals surface area (Å²) in [5.41, 5.74) is 1.19. The predicted molar refractivity (Wildman–Crippen MR) is 71.7 cm³/mol. The summed E-state index contributed by atoms with van der Waals surface area (Å²) in [6, 6.07) is 8.06. The molecule has 2 rings (SSSR count). The zero-order valence-electron chi connectivity index (χ0n) is 9.95. The van der Waals surface area contributed by atoms with Crippen molar-refractivity contribution >= 4 is 22.5 Å². The van der Waals surface area contributed by atoms with Gasteiger partial charge in [-0.15, -0.1) is 0 Å². The Morgan fingerprint density at radius 1 is 1.29 bits per heavy atom. The zero-order chi connectivity index (χ0) is 12.1. The summed E-state index contributed by atoms with van der Waals surface area (Å²) >= 11 is 6.13. The Hall–Kier alpha value is -1.03. The minimum Gasteiger partial charge on any atom is -0.383 e. The largest absolute Gasteiger partial charge is 0.383 e. The number of halogens is 1. The minimum atomic E-state index is 0.748. The standard InChI is InChI=1S/C13H17ClN2O/c1-17-10-7-15-6-9-16-8-5-11-12(14)3-2-4-13(11)16/h2-5,8,15H,6-7,9-10H2,1H3. The van der Waals surface area contributed by atoms with E-state index in [4.69, 9.17) is 16.3 Å².